The van der Waals surface area contributed by atoms with Crippen LogP contribution < -0.4 is 10.1 Å². The molecule has 1 aromatic heterocycles. The fraction of sp³-hybridized carbons (Fsp3) is 0.444. The number of anilines is 1. The van der Waals surface area contributed by atoms with Gasteiger partial charge < -0.3 is 10.1 Å². The first-order valence-electron chi connectivity index (χ1n) is 7.94. The molecule has 1 aromatic carbocycles. The summed E-state index contributed by atoms with van der Waals surface area (Å²) in [6, 6.07) is 9.48. The first-order valence-corrected chi connectivity index (χ1v) is 7.94. The van der Waals surface area contributed by atoms with Crippen molar-refractivity contribution in [1.82, 2.24) is 9.78 Å². The van der Waals surface area contributed by atoms with Gasteiger partial charge in [-0.2, -0.15) is 5.10 Å². The van der Waals surface area contributed by atoms with Gasteiger partial charge in [0.05, 0.1) is 17.8 Å². The molecule has 0 aliphatic carbocycles. The molecule has 1 N–H and O–H groups in total. The van der Waals surface area contributed by atoms with Gasteiger partial charge in [-0.3, -0.25) is 9.48 Å². The SMILES string of the molecule is Cc1cc(C)n(C(C)CC(=O)Nc2cccc(OC(C)C)c2)n1. The molecular weight excluding hydrogens is 290 g/mol. The number of nitrogens with zero attached hydrogens (tertiary/aromatic N) is 2. The van der Waals surface area contributed by atoms with E-state index in [1.807, 2.05) is 69.6 Å². The van der Waals surface area contributed by atoms with Crippen LogP contribution in [0.3, 0.4) is 0 Å². The predicted molar refractivity (Wildman–Crippen MR) is 91.9 cm³/mol. The fourth-order valence-corrected chi connectivity index (χ4v) is 2.58. The maximum atomic E-state index is 12.3. The number of hydrogen-bond acceptors (Lipinski definition) is 3. The van der Waals surface area contributed by atoms with Crippen molar-refractivity contribution < 1.29 is 9.53 Å². The zero-order valence-electron chi connectivity index (χ0n) is 14.5. The fourth-order valence-electron chi connectivity index (χ4n) is 2.58. The second kappa shape index (κ2) is 7.31. The number of aryl methyl sites for hydroxylation is 2. The maximum Gasteiger partial charge on any atom is 0.226 e. The summed E-state index contributed by atoms with van der Waals surface area (Å²) in [5, 5.41) is 7.36. The molecule has 0 bridgehead atoms. The third-order valence-electron chi connectivity index (χ3n) is 3.43. The van der Waals surface area contributed by atoms with E-state index in [9.17, 15) is 4.79 Å². The highest BCUT2D eigenvalue weighted by molar-refractivity contribution is 5.91. The summed E-state index contributed by atoms with van der Waals surface area (Å²) in [7, 11) is 0. The minimum absolute atomic E-state index is 0.0128. The standard InChI is InChI=1S/C18H25N3O2/c1-12(2)23-17-8-6-7-16(11-17)19-18(22)10-15(5)21-14(4)9-13(3)20-21/h6-9,11-12,15H,10H2,1-5H3,(H,19,22). The van der Waals surface area contributed by atoms with Gasteiger partial charge in [0.1, 0.15) is 5.75 Å². The van der Waals surface area contributed by atoms with Crippen LogP contribution in [0.4, 0.5) is 5.69 Å². The molecule has 0 fully saturated rings. The molecule has 1 unspecified atom stereocenters. The first kappa shape index (κ1) is 17.1. The molecule has 2 rings (SSSR count). The summed E-state index contributed by atoms with van der Waals surface area (Å²) < 4.78 is 7.54. The average Bonchev–Trinajstić information content (AvgIpc) is 2.77. The van der Waals surface area contributed by atoms with Crippen LogP contribution in [0.1, 0.15) is 44.6 Å². The second-order valence-corrected chi connectivity index (χ2v) is 6.17. The Bertz CT molecular complexity index is 677. The number of ether oxygens (including phenoxy) is 1. The van der Waals surface area contributed by atoms with Gasteiger partial charge in [-0.05, 0) is 52.8 Å². The smallest absolute Gasteiger partial charge is 0.226 e. The van der Waals surface area contributed by atoms with Gasteiger partial charge >= 0.3 is 0 Å². The Morgan fingerprint density at radius 2 is 2.00 bits per heavy atom. The van der Waals surface area contributed by atoms with Crippen LogP contribution >= 0.6 is 0 Å². The largest absolute Gasteiger partial charge is 0.491 e. The lowest BCUT2D eigenvalue weighted by atomic mass is 10.2. The van der Waals surface area contributed by atoms with E-state index in [0.717, 1.165) is 22.8 Å². The number of benzene rings is 1. The molecular formula is C18H25N3O2. The Kier molecular flexibility index (Phi) is 5.42. The van der Waals surface area contributed by atoms with Crippen molar-refractivity contribution in [1.29, 1.82) is 0 Å². The summed E-state index contributed by atoms with van der Waals surface area (Å²) in [4.78, 5) is 12.3. The third-order valence-corrected chi connectivity index (χ3v) is 3.43. The number of nitrogens with one attached hydrogen (secondary N) is 1. The number of aromatic nitrogens is 2. The number of hydrogen-bond donors (Lipinski definition) is 1. The van der Waals surface area contributed by atoms with E-state index >= 15 is 0 Å². The molecule has 0 aliphatic rings. The van der Waals surface area contributed by atoms with Gasteiger partial charge in [-0.1, -0.05) is 6.07 Å². The van der Waals surface area contributed by atoms with Crippen molar-refractivity contribution in [2.75, 3.05) is 5.32 Å². The summed E-state index contributed by atoms with van der Waals surface area (Å²) in [6.07, 6.45) is 0.476. The number of carbonyl (C=O) groups excluding carboxylic acids is 1. The van der Waals surface area contributed by atoms with Gasteiger partial charge in [0.25, 0.3) is 0 Å². The Morgan fingerprint density at radius 3 is 2.61 bits per heavy atom. The molecule has 5 nitrogen and oxygen atoms in total. The van der Waals surface area contributed by atoms with E-state index in [-0.39, 0.29) is 18.1 Å². The van der Waals surface area contributed by atoms with Crippen LogP contribution in [-0.4, -0.2) is 21.8 Å². The van der Waals surface area contributed by atoms with E-state index in [1.54, 1.807) is 0 Å². The van der Waals surface area contributed by atoms with E-state index in [1.165, 1.54) is 0 Å². The van der Waals surface area contributed by atoms with Crippen LogP contribution in [0.15, 0.2) is 30.3 Å². The highest BCUT2D eigenvalue weighted by Crippen LogP contribution is 2.20. The van der Waals surface area contributed by atoms with Gasteiger partial charge in [0.15, 0.2) is 0 Å². The summed E-state index contributed by atoms with van der Waals surface area (Å²) in [5.74, 6) is 0.719. The molecule has 0 radical (unpaired) electrons. The van der Waals surface area contributed by atoms with E-state index in [2.05, 4.69) is 10.4 Å². The molecule has 0 saturated carbocycles. The number of amides is 1. The van der Waals surface area contributed by atoms with Crippen LogP contribution in [0, 0.1) is 13.8 Å². The highest BCUT2D eigenvalue weighted by Gasteiger charge is 2.14. The monoisotopic (exact) mass is 315 g/mol. The van der Waals surface area contributed by atoms with Crippen molar-refractivity contribution in [2.45, 2.75) is 53.2 Å². The molecule has 0 spiro atoms. The van der Waals surface area contributed by atoms with Crippen molar-refractivity contribution in [2.24, 2.45) is 0 Å². The van der Waals surface area contributed by atoms with Crippen LogP contribution in [0.25, 0.3) is 0 Å². The zero-order chi connectivity index (χ0) is 17.0. The average molecular weight is 315 g/mol. The van der Waals surface area contributed by atoms with Crippen LogP contribution in [0.2, 0.25) is 0 Å². The van der Waals surface area contributed by atoms with Gasteiger partial charge in [0.2, 0.25) is 5.91 Å². The number of rotatable bonds is 6. The third kappa shape index (κ3) is 4.84. The van der Waals surface area contributed by atoms with Crippen molar-refractivity contribution in [3.63, 3.8) is 0 Å². The van der Waals surface area contributed by atoms with Gasteiger partial charge in [-0.15, -0.1) is 0 Å². The second-order valence-electron chi connectivity index (χ2n) is 6.17. The lowest BCUT2D eigenvalue weighted by Gasteiger charge is -2.15. The summed E-state index contributed by atoms with van der Waals surface area (Å²) in [5.41, 5.74) is 2.78. The molecule has 5 heteroatoms. The minimum Gasteiger partial charge on any atom is -0.491 e. The molecule has 1 atom stereocenters. The van der Waals surface area contributed by atoms with Crippen molar-refractivity contribution >= 4 is 11.6 Å². The maximum absolute atomic E-state index is 12.3. The zero-order valence-corrected chi connectivity index (χ0v) is 14.5. The summed E-state index contributed by atoms with van der Waals surface area (Å²) >= 11 is 0. The molecule has 0 aliphatic heterocycles. The number of carbonyl (C=O) groups is 1. The lowest BCUT2D eigenvalue weighted by Crippen LogP contribution is -2.19. The normalized spacial score (nSPS) is 12.3. The Hall–Kier alpha value is -2.30. The first-order chi connectivity index (χ1) is 10.8. The molecule has 0 saturated heterocycles. The Morgan fingerprint density at radius 1 is 1.26 bits per heavy atom. The van der Waals surface area contributed by atoms with Gasteiger partial charge in [-0.25, -0.2) is 0 Å². The Balaban J connectivity index is 1.98. The van der Waals surface area contributed by atoms with E-state index < -0.39 is 0 Å². The predicted octanol–water partition coefficient (Wildman–Crippen LogP) is 3.88. The molecule has 124 valence electrons. The van der Waals surface area contributed by atoms with E-state index in [0.29, 0.717) is 6.42 Å². The minimum atomic E-state index is -0.0354. The molecule has 1 heterocycles. The van der Waals surface area contributed by atoms with Crippen LogP contribution in [-0.2, 0) is 4.79 Å². The van der Waals surface area contributed by atoms with E-state index in [4.69, 9.17) is 4.74 Å². The lowest BCUT2D eigenvalue weighted by molar-refractivity contribution is -0.116. The Labute approximate surface area is 137 Å². The quantitative estimate of drug-likeness (QED) is 0.880. The van der Waals surface area contributed by atoms with Crippen molar-refractivity contribution in [3.8, 4) is 5.75 Å². The summed E-state index contributed by atoms with van der Waals surface area (Å²) in [6.45, 7) is 9.90. The van der Waals surface area contributed by atoms with Crippen molar-refractivity contribution in [3.05, 3.63) is 41.7 Å². The molecule has 1 amide bonds. The topological polar surface area (TPSA) is 56.2 Å². The van der Waals surface area contributed by atoms with Gasteiger partial charge in [0, 0.05) is 23.9 Å². The molecule has 23 heavy (non-hydrogen) atoms. The highest BCUT2D eigenvalue weighted by atomic mass is 16.5. The molecule has 2 aromatic rings. The van der Waals surface area contributed by atoms with Crippen LogP contribution in [0.5, 0.6) is 5.75 Å².